The summed E-state index contributed by atoms with van der Waals surface area (Å²) in [6.07, 6.45) is 3.23. The standard InChI is InChI=1S/C15H14NOS.2Y/c17-11-14(12-4-2-1-3-5-12)16-8-6-15-13(10-16)7-9-18-15;;/h1-5,7,9,14H,6,8,10H2;;/q-1;;. The van der Waals surface area contributed by atoms with Crippen LogP contribution in [0.5, 0.6) is 0 Å². The van der Waals surface area contributed by atoms with Gasteiger partial charge in [-0.1, -0.05) is 41.9 Å². The third kappa shape index (κ3) is 4.15. The van der Waals surface area contributed by atoms with E-state index < -0.39 is 0 Å². The second-order valence-electron chi connectivity index (χ2n) is 4.52. The first kappa shape index (κ1) is 18.8. The molecule has 2 heterocycles. The second kappa shape index (κ2) is 9.02. The monoisotopic (exact) mass is 434 g/mol. The molecule has 1 aliphatic heterocycles. The molecule has 0 bridgehead atoms. The average molecular weight is 434 g/mol. The minimum absolute atomic E-state index is 0. The van der Waals surface area contributed by atoms with E-state index in [9.17, 15) is 4.79 Å². The third-order valence-corrected chi connectivity index (χ3v) is 4.45. The summed E-state index contributed by atoms with van der Waals surface area (Å²) in [5.41, 5.74) is 2.40. The maximum absolute atomic E-state index is 11.3. The fourth-order valence-electron chi connectivity index (χ4n) is 2.48. The van der Waals surface area contributed by atoms with E-state index in [0.29, 0.717) is 0 Å². The molecule has 5 heteroatoms. The summed E-state index contributed by atoms with van der Waals surface area (Å²) in [4.78, 5) is 15.0. The van der Waals surface area contributed by atoms with Crippen molar-refractivity contribution in [1.29, 1.82) is 0 Å². The van der Waals surface area contributed by atoms with Crippen LogP contribution in [0.1, 0.15) is 22.0 Å². The average Bonchev–Trinajstić information content (AvgIpc) is 2.88. The molecule has 20 heavy (non-hydrogen) atoms. The summed E-state index contributed by atoms with van der Waals surface area (Å²) >= 11 is 1.82. The van der Waals surface area contributed by atoms with Crippen LogP contribution in [0, 0.1) is 0 Å². The quantitative estimate of drug-likeness (QED) is 0.693. The number of hydrogen-bond donors (Lipinski definition) is 0. The maximum atomic E-state index is 11.3. The number of fused-ring (bicyclic) bond motifs is 1. The minimum Gasteiger partial charge on any atom is -0.540 e. The molecule has 3 rings (SSSR count). The van der Waals surface area contributed by atoms with Gasteiger partial charge in [-0.15, -0.1) is 11.3 Å². The van der Waals surface area contributed by atoms with Crippen LogP contribution < -0.4 is 0 Å². The van der Waals surface area contributed by atoms with Gasteiger partial charge in [0, 0.05) is 83.4 Å². The van der Waals surface area contributed by atoms with Crippen molar-refractivity contribution in [2.75, 3.05) is 6.54 Å². The number of thiophene rings is 1. The normalized spacial score (nSPS) is 15.4. The number of carbonyl (C=O) groups excluding carboxylic acids is 1. The first-order chi connectivity index (χ1) is 8.88. The molecule has 0 saturated carbocycles. The predicted octanol–water partition coefficient (Wildman–Crippen LogP) is 2.95. The van der Waals surface area contributed by atoms with Crippen LogP contribution in [0.2, 0.25) is 0 Å². The first-order valence-electron chi connectivity index (χ1n) is 6.10. The molecule has 0 saturated heterocycles. The fraction of sp³-hybridized carbons (Fsp3) is 0.267. The molecule has 2 aromatic rings. The Morgan fingerprint density at radius 3 is 2.60 bits per heavy atom. The largest absolute Gasteiger partial charge is 0.540 e. The molecular formula is C15H14NOSY2-. The molecular weight excluding hydrogens is 420 g/mol. The van der Waals surface area contributed by atoms with Crippen LogP contribution >= 0.6 is 11.3 Å². The van der Waals surface area contributed by atoms with E-state index in [4.69, 9.17) is 0 Å². The predicted molar refractivity (Wildman–Crippen MR) is 73.3 cm³/mol. The van der Waals surface area contributed by atoms with Gasteiger partial charge in [-0.2, -0.15) is 0 Å². The molecule has 98 valence electrons. The zero-order chi connectivity index (χ0) is 12.4. The molecule has 1 aliphatic rings. The Bertz CT molecular complexity index is 544. The van der Waals surface area contributed by atoms with Gasteiger partial charge in [-0.3, -0.25) is 0 Å². The zero-order valence-electron chi connectivity index (χ0n) is 11.2. The van der Waals surface area contributed by atoms with E-state index in [1.54, 1.807) is 0 Å². The maximum Gasteiger partial charge on any atom is 0.0225 e. The molecule has 1 unspecified atom stereocenters. The van der Waals surface area contributed by atoms with E-state index in [1.165, 1.54) is 10.4 Å². The number of nitrogens with zero attached hydrogens (tertiary/aromatic N) is 1. The van der Waals surface area contributed by atoms with E-state index >= 15 is 0 Å². The summed E-state index contributed by atoms with van der Waals surface area (Å²) in [6.45, 7) is 1.79. The Hall–Kier alpha value is 0.758. The van der Waals surface area contributed by atoms with E-state index in [1.807, 2.05) is 41.7 Å². The SMILES string of the molecule is O=[C-]C(c1ccccc1)N1CCc2sccc2C1.[Y].[Y]. The van der Waals surface area contributed by atoms with Crippen LogP contribution in [0.25, 0.3) is 0 Å². The van der Waals surface area contributed by atoms with Crippen LogP contribution in [0.4, 0.5) is 0 Å². The van der Waals surface area contributed by atoms with Crippen LogP contribution in [0.15, 0.2) is 41.8 Å². The molecule has 1 atom stereocenters. The molecule has 0 amide bonds. The van der Waals surface area contributed by atoms with Crippen LogP contribution in [-0.2, 0) is 83.2 Å². The van der Waals surface area contributed by atoms with Gasteiger partial charge in [0.05, 0.1) is 0 Å². The number of rotatable bonds is 3. The summed E-state index contributed by atoms with van der Waals surface area (Å²) in [5.74, 6) is 0. The summed E-state index contributed by atoms with van der Waals surface area (Å²) in [5, 5.41) is 2.14. The van der Waals surface area contributed by atoms with Crippen molar-refractivity contribution in [3.8, 4) is 0 Å². The molecule has 0 aliphatic carbocycles. The molecule has 0 fully saturated rings. The Balaban J connectivity index is 0.000001000. The molecule has 2 nitrogen and oxygen atoms in total. The molecule has 0 spiro atoms. The van der Waals surface area contributed by atoms with Crippen LogP contribution in [-0.4, -0.2) is 17.7 Å². The van der Waals surface area contributed by atoms with Gasteiger partial charge in [0.25, 0.3) is 0 Å². The minimum atomic E-state index is -0.237. The molecule has 0 N–H and O–H groups in total. The van der Waals surface area contributed by atoms with Gasteiger partial charge in [-0.05, 0) is 23.4 Å². The smallest absolute Gasteiger partial charge is 0.0225 e. The van der Waals surface area contributed by atoms with E-state index in [-0.39, 0.29) is 71.5 Å². The van der Waals surface area contributed by atoms with Gasteiger partial charge < -0.3 is 9.69 Å². The second-order valence-corrected chi connectivity index (χ2v) is 5.52. The Morgan fingerprint density at radius 2 is 1.90 bits per heavy atom. The van der Waals surface area contributed by atoms with Crippen molar-refractivity contribution in [3.63, 3.8) is 0 Å². The molecule has 1 aromatic carbocycles. The summed E-state index contributed by atoms with van der Waals surface area (Å²) in [6, 6.07) is 11.8. The third-order valence-electron chi connectivity index (χ3n) is 3.43. The van der Waals surface area contributed by atoms with Gasteiger partial charge >= 0.3 is 0 Å². The van der Waals surface area contributed by atoms with Gasteiger partial charge in [0.15, 0.2) is 0 Å². The number of hydrogen-bond acceptors (Lipinski definition) is 3. The topological polar surface area (TPSA) is 20.3 Å². The molecule has 1 aromatic heterocycles. The van der Waals surface area contributed by atoms with Crippen molar-refractivity contribution < 1.29 is 70.2 Å². The summed E-state index contributed by atoms with van der Waals surface area (Å²) < 4.78 is 0. The zero-order valence-corrected chi connectivity index (χ0v) is 17.7. The Morgan fingerprint density at radius 1 is 1.15 bits per heavy atom. The van der Waals surface area contributed by atoms with Crippen molar-refractivity contribution >= 4 is 17.6 Å². The van der Waals surface area contributed by atoms with Crippen molar-refractivity contribution in [3.05, 3.63) is 57.8 Å². The van der Waals surface area contributed by atoms with E-state index in [2.05, 4.69) is 22.6 Å². The van der Waals surface area contributed by atoms with Crippen molar-refractivity contribution in [1.82, 2.24) is 4.90 Å². The first-order valence-corrected chi connectivity index (χ1v) is 6.98. The Labute approximate surface area is 174 Å². The summed E-state index contributed by atoms with van der Waals surface area (Å²) in [7, 11) is 0. The van der Waals surface area contributed by atoms with E-state index in [0.717, 1.165) is 25.1 Å². The fourth-order valence-corrected chi connectivity index (χ4v) is 3.37. The van der Waals surface area contributed by atoms with Crippen LogP contribution in [0.3, 0.4) is 0 Å². The van der Waals surface area contributed by atoms with Gasteiger partial charge in [-0.25, -0.2) is 6.29 Å². The molecule has 2 radical (unpaired) electrons. The van der Waals surface area contributed by atoms with Crippen molar-refractivity contribution in [2.45, 2.75) is 19.0 Å². The van der Waals surface area contributed by atoms with Gasteiger partial charge in [0.1, 0.15) is 0 Å². The van der Waals surface area contributed by atoms with Gasteiger partial charge in [0.2, 0.25) is 0 Å². The van der Waals surface area contributed by atoms with Crippen molar-refractivity contribution in [2.24, 2.45) is 0 Å². The Kier molecular flexibility index (Phi) is 8.48. The number of benzene rings is 1.